The summed E-state index contributed by atoms with van der Waals surface area (Å²) in [4.78, 5) is 14.0. The van der Waals surface area contributed by atoms with Crippen molar-refractivity contribution in [1.29, 1.82) is 0 Å². The number of anilines is 1. The van der Waals surface area contributed by atoms with E-state index in [1.807, 2.05) is 18.2 Å². The summed E-state index contributed by atoms with van der Waals surface area (Å²) < 4.78 is 0. The summed E-state index contributed by atoms with van der Waals surface area (Å²) in [6.07, 6.45) is 4.72. The van der Waals surface area contributed by atoms with Crippen LogP contribution in [0.4, 0.5) is 5.69 Å². The van der Waals surface area contributed by atoms with Crippen LogP contribution in [0.1, 0.15) is 37.7 Å². The van der Waals surface area contributed by atoms with Crippen LogP contribution in [0.3, 0.4) is 0 Å². The van der Waals surface area contributed by atoms with Crippen molar-refractivity contribution in [1.82, 2.24) is 0 Å². The lowest BCUT2D eigenvalue weighted by atomic mass is 9.64. The van der Waals surface area contributed by atoms with E-state index in [1.165, 1.54) is 12.8 Å². The van der Waals surface area contributed by atoms with Crippen LogP contribution in [-0.4, -0.2) is 24.2 Å². The number of hydrogen-bond donors (Lipinski definition) is 1. The quantitative estimate of drug-likeness (QED) is 0.921. The standard InChI is InChI=1S/C15H18ClNO2/c16-11-5-3-6-12(17-9-1-2-10-17)13(11)15(14(18)19)7-4-8-15/h3,5-6H,1-2,4,7-10H2,(H,18,19). The molecule has 0 spiro atoms. The summed E-state index contributed by atoms with van der Waals surface area (Å²) in [5.41, 5.74) is 1.13. The second kappa shape index (κ2) is 4.71. The number of rotatable bonds is 3. The molecule has 19 heavy (non-hydrogen) atoms. The zero-order chi connectivity index (χ0) is 13.5. The summed E-state index contributed by atoms with van der Waals surface area (Å²) in [6, 6.07) is 5.77. The van der Waals surface area contributed by atoms with Gasteiger partial charge in [0.15, 0.2) is 0 Å². The predicted octanol–water partition coefficient (Wildman–Crippen LogP) is 3.45. The smallest absolute Gasteiger partial charge is 0.314 e. The number of benzene rings is 1. The zero-order valence-corrected chi connectivity index (χ0v) is 11.6. The maximum atomic E-state index is 11.7. The molecule has 3 nitrogen and oxygen atoms in total. The van der Waals surface area contributed by atoms with Crippen molar-refractivity contribution in [2.75, 3.05) is 18.0 Å². The van der Waals surface area contributed by atoms with Gasteiger partial charge in [-0.2, -0.15) is 0 Å². The van der Waals surface area contributed by atoms with Gasteiger partial charge in [0.25, 0.3) is 0 Å². The van der Waals surface area contributed by atoms with Gasteiger partial charge in [-0.25, -0.2) is 0 Å². The number of carbonyl (C=O) groups is 1. The Morgan fingerprint density at radius 2 is 1.89 bits per heavy atom. The first kappa shape index (κ1) is 12.8. The molecule has 3 rings (SSSR count). The van der Waals surface area contributed by atoms with Gasteiger partial charge in [-0.1, -0.05) is 24.1 Å². The highest BCUT2D eigenvalue weighted by atomic mass is 35.5. The molecule has 0 aromatic heterocycles. The SMILES string of the molecule is O=C(O)C1(c2c(Cl)cccc2N2CCCC2)CCC1. The molecular weight excluding hydrogens is 262 g/mol. The fraction of sp³-hybridized carbons (Fsp3) is 0.533. The first-order valence-electron chi connectivity index (χ1n) is 6.92. The molecule has 0 radical (unpaired) electrons. The van der Waals surface area contributed by atoms with Gasteiger partial charge in [0, 0.05) is 29.4 Å². The third-order valence-corrected chi connectivity index (χ3v) is 4.85. The number of nitrogens with zero attached hydrogens (tertiary/aromatic N) is 1. The molecule has 1 saturated carbocycles. The van der Waals surface area contributed by atoms with Crippen molar-refractivity contribution in [3.63, 3.8) is 0 Å². The number of aliphatic carboxylic acids is 1. The summed E-state index contributed by atoms with van der Waals surface area (Å²) in [5.74, 6) is -0.729. The molecule has 0 bridgehead atoms. The molecule has 2 aliphatic rings. The number of carboxylic acid groups (broad SMARTS) is 1. The topological polar surface area (TPSA) is 40.5 Å². The summed E-state index contributed by atoms with van der Waals surface area (Å²) in [7, 11) is 0. The molecule has 0 amide bonds. The lowest BCUT2D eigenvalue weighted by Gasteiger charge is -2.41. The molecule has 4 heteroatoms. The molecule has 0 atom stereocenters. The van der Waals surface area contributed by atoms with E-state index in [2.05, 4.69) is 4.90 Å². The molecule has 1 heterocycles. The Hall–Kier alpha value is -1.22. The molecule has 1 N–H and O–H groups in total. The molecule has 1 aliphatic heterocycles. The average molecular weight is 280 g/mol. The lowest BCUT2D eigenvalue weighted by Crippen LogP contribution is -2.43. The maximum Gasteiger partial charge on any atom is 0.314 e. The second-order valence-corrected chi connectivity index (χ2v) is 5.98. The van der Waals surface area contributed by atoms with E-state index < -0.39 is 11.4 Å². The Kier molecular flexibility index (Phi) is 3.17. The monoisotopic (exact) mass is 279 g/mol. The van der Waals surface area contributed by atoms with Gasteiger partial charge in [0.05, 0.1) is 5.41 Å². The van der Waals surface area contributed by atoms with E-state index in [0.29, 0.717) is 17.9 Å². The molecule has 2 fully saturated rings. The van der Waals surface area contributed by atoms with E-state index in [0.717, 1.165) is 30.8 Å². The zero-order valence-electron chi connectivity index (χ0n) is 10.9. The Morgan fingerprint density at radius 3 is 2.42 bits per heavy atom. The average Bonchev–Trinajstić information content (AvgIpc) is 2.82. The normalized spacial score (nSPS) is 21.2. The first-order chi connectivity index (χ1) is 9.15. The summed E-state index contributed by atoms with van der Waals surface area (Å²) >= 11 is 6.36. The maximum absolute atomic E-state index is 11.7. The minimum atomic E-state index is -0.754. The minimum absolute atomic E-state index is 0.603. The van der Waals surface area contributed by atoms with Gasteiger partial charge in [-0.3, -0.25) is 4.79 Å². The van der Waals surface area contributed by atoms with Gasteiger partial charge >= 0.3 is 5.97 Å². The highest BCUT2D eigenvalue weighted by Gasteiger charge is 2.49. The van der Waals surface area contributed by atoms with Crippen LogP contribution in [-0.2, 0) is 10.2 Å². The van der Waals surface area contributed by atoms with Crippen molar-refractivity contribution in [3.05, 3.63) is 28.8 Å². The van der Waals surface area contributed by atoms with E-state index in [1.54, 1.807) is 0 Å². The molecular formula is C15H18ClNO2. The Morgan fingerprint density at radius 1 is 1.21 bits per heavy atom. The van der Waals surface area contributed by atoms with Crippen molar-refractivity contribution < 1.29 is 9.90 Å². The number of hydrogen-bond acceptors (Lipinski definition) is 2. The largest absolute Gasteiger partial charge is 0.481 e. The third-order valence-electron chi connectivity index (χ3n) is 4.53. The predicted molar refractivity (Wildman–Crippen MR) is 76.1 cm³/mol. The van der Waals surface area contributed by atoms with Crippen molar-refractivity contribution in [3.8, 4) is 0 Å². The van der Waals surface area contributed by atoms with E-state index in [-0.39, 0.29) is 0 Å². The van der Waals surface area contributed by atoms with Gasteiger partial charge in [0.2, 0.25) is 0 Å². The van der Waals surface area contributed by atoms with Crippen molar-refractivity contribution >= 4 is 23.3 Å². The van der Waals surface area contributed by atoms with E-state index >= 15 is 0 Å². The first-order valence-corrected chi connectivity index (χ1v) is 7.30. The van der Waals surface area contributed by atoms with Crippen LogP contribution < -0.4 is 4.90 Å². The summed E-state index contributed by atoms with van der Waals surface area (Å²) in [6.45, 7) is 2.01. The van der Waals surface area contributed by atoms with Gasteiger partial charge < -0.3 is 10.0 Å². The van der Waals surface area contributed by atoms with Crippen LogP contribution in [0.5, 0.6) is 0 Å². The van der Waals surface area contributed by atoms with Crippen LogP contribution in [0.15, 0.2) is 18.2 Å². The lowest BCUT2D eigenvalue weighted by molar-refractivity contribution is -0.147. The van der Waals surface area contributed by atoms with Gasteiger partial charge in [-0.15, -0.1) is 0 Å². The van der Waals surface area contributed by atoms with E-state index in [4.69, 9.17) is 11.6 Å². The van der Waals surface area contributed by atoms with Crippen molar-refractivity contribution in [2.24, 2.45) is 0 Å². The molecule has 1 aliphatic carbocycles. The molecule has 1 aromatic rings. The third kappa shape index (κ3) is 1.91. The van der Waals surface area contributed by atoms with Crippen LogP contribution in [0, 0.1) is 0 Å². The Bertz CT molecular complexity index is 505. The molecule has 1 saturated heterocycles. The second-order valence-electron chi connectivity index (χ2n) is 5.57. The highest BCUT2D eigenvalue weighted by Crippen LogP contribution is 2.50. The Labute approximate surface area is 118 Å². The Balaban J connectivity index is 2.11. The molecule has 0 unspecified atom stereocenters. The fourth-order valence-corrected chi connectivity index (χ4v) is 3.66. The molecule has 1 aromatic carbocycles. The minimum Gasteiger partial charge on any atom is -0.481 e. The van der Waals surface area contributed by atoms with Gasteiger partial charge in [-0.05, 0) is 37.8 Å². The van der Waals surface area contributed by atoms with Crippen LogP contribution in [0.2, 0.25) is 5.02 Å². The molecule has 102 valence electrons. The van der Waals surface area contributed by atoms with Crippen LogP contribution >= 0.6 is 11.6 Å². The van der Waals surface area contributed by atoms with Crippen molar-refractivity contribution in [2.45, 2.75) is 37.5 Å². The number of halogens is 1. The van der Waals surface area contributed by atoms with Crippen LogP contribution in [0.25, 0.3) is 0 Å². The van der Waals surface area contributed by atoms with E-state index in [9.17, 15) is 9.90 Å². The summed E-state index contributed by atoms with van der Waals surface area (Å²) in [5, 5.41) is 10.3. The highest BCUT2D eigenvalue weighted by molar-refractivity contribution is 6.32. The van der Waals surface area contributed by atoms with Gasteiger partial charge in [0.1, 0.15) is 0 Å². The fourth-order valence-electron chi connectivity index (χ4n) is 3.31. The number of carboxylic acids is 1.